The van der Waals surface area contributed by atoms with E-state index in [1.807, 2.05) is 11.9 Å². The highest BCUT2D eigenvalue weighted by Gasteiger charge is 2.24. The van der Waals surface area contributed by atoms with E-state index in [-0.39, 0.29) is 18.1 Å². The molecule has 0 aromatic carbocycles. The molecule has 1 fully saturated rings. The van der Waals surface area contributed by atoms with Gasteiger partial charge in [-0.2, -0.15) is 4.98 Å². The van der Waals surface area contributed by atoms with Crippen LogP contribution in [-0.2, 0) is 0 Å². The molecule has 0 amide bonds. The molecule has 0 spiro atoms. The molecule has 3 N–H and O–H groups in total. The number of aromatic nitrogens is 2. The van der Waals surface area contributed by atoms with Gasteiger partial charge in [-0.15, -0.1) is 0 Å². The molecule has 18 heavy (non-hydrogen) atoms. The van der Waals surface area contributed by atoms with Crippen LogP contribution in [0.4, 0.5) is 5.82 Å². The van der Waals surface area contributed by atoms with Gasteiger partial charge in [-0.3, -0.25) is 0 Å². The van der Waals surface area contributed by atoms with Gasteiger partial charge in [-0.25, -0.2) is 9.47 Å². The summed E-state index contributed by atoms with van der Waals surface area (Å²) < 4.78 is 1.53. The van der Waals surface area contributed by atoms with Crippen LogP contribution in [0.15, 0.2) is 17.1 Å². The van der Waals surface area contributed by atoms with Crippen molar-refractivity contribution in [1.82, 2.24) is 9.66 Å². The third kappa shape index (κ3) is 2.81. The lowest BCUT2D eigenvalue weighted by Gasteiger charge is -2.21. The Morgan fingerprint density at radius 3 is 3.11 bits per heavy atom. The van der Waals surface area contributed by atoms with Crippen molar-refractivity contribution in [3.8, 4) is 0 Å². The Balaban J connectivity index is 2.02. The molecule has 2 atom stereocenters. The van der Waals surface area contributed by atoms with Crippen molar-refractivity contribution in [3.05, 3.63) is 22.7 Å². The number of anilines is 1. The lowest BCUT2D eigenvalue weighted by molar-refractivity contribution is 0.215. The summed E-state index contributed by atoms with van der Waals surface area (Å²) >= 11 is 0. The molecular formula is C12H20N4O2. The predicted molar refractivity (Wildman–Crippen MR) is 69.8 cm³/mol. The fourth-order valence-corrected chi connectivity index (χ4v) is 2.47. The quantitative estimate of drug-likeness (QED) is 0.775. The first-order valence-corrected chi connectivity index (χ1v) is 6.31. The molecule has 6 nitrogen and oxygen atoms in total. The van der Waals surface area contributed by atoms with E-state index in [2.05, 4.69) is 4.98 Å². The summed E-state index contributed by atoms with van der Waals surface area (Å²) in [6.45, 7) is 3.93. The standard InChI is InChI=1S/C12H20N4O2/c1-9(8-17)6-10-2-4-15(7-10)16-5-3-11(13)14-12(16)18/h3,5,9-10,17H,2,4,6-8H2,1H3,(H2,13,14,18). The van der Waals surface area contributed by atoms with Gasteiger partial charge < -0.3 is 15.8 Å². The zero-order valence-corrected chi connectivity index (χ0v) is 10.6. The van der Waals surface area contributed by atoms with Crippen LogP contribution in [0.2, 0.25) is 0 Å². The lowest BCUT2D eigenvalue weighted by atomic mass is 9.96. The van der Waals surface area contributed by atoms with Crippen LogP contribution < -0.4 is 16.4 Å². The first-order valence-electron chi connectivity index (χ1n) is 6.31. The second kappa shape index (κ2) is 5.39. The molecule has 100 valence electrons. The molecule has 1 aliphatic heterocycles. The van der Waals surface area contributed by atoms with Crippen molar-refractivity contribution >= 4 is 5.82 Å². The van der Waals surface area contributed by atoms with Gasteiger partial charge in [-0.05, 0) is 30.7 Å². The van der Waals surface area contributed by atoms with E-state index in [9.17, 15) is 4.79 Å². The maximum atomic E-state index is 11.7. The van der Waals surface area contributed by atoms with Crippen molar-refractivity contribution in [3.63, 3.8) is 0 Å². The van der Waals surface area contributed by atoms with Crippen LogP contribution in [0.25, 0.3) is 0 Å². The van der Waals surface area contributed by atoms with Gasteiger partial charge in [0.2, 0.25) is 0 Å². The van der Waals surface area contributed by atoms with E-state index in [0.717, 1.165) is 25.9 Å². The normalized spacial score (nSPS) is 21.2. The summed E-state index contributed by atoms with van der Waals surface area (Å²) in [5, 5.41) is 11.0. The Hall–Kier alpha value is -1.56. The molecule has 1 aromatic heterocycles. The summed E-state index contributed by atoms with van der Waals surface area (Å²) in [4.78, 5) is 15.4. The smallest absolute Gasteiger partial charge is 0.368 e. The number of hydrogen-bond donors (Lipinski definition) is 2. The predicted octanol–water partition coefficient (Wildman–Crippen LogP) is -0.198. The molecule has 0 radical (unpaired) electrons. The molecule has 1 saturated heterocycles. The summed E-state index contributed by atoms with van der Waals surface area (Å²) in [5.74, 6) is 1.09. The fraction of sp³-hybridized carbons (Fsp3) is 0.667. The SMILES string of the molecule is CC(CO)CC1CCN(n2ccc(N)nc2=O)C1. The monoisotopic (exact) mass is 252 g/mol. The number of hydrogen-bond acceptors (Lipinski definition) is 5. The number of nitrogens with zero attached hydrogens (tertiary/aromatic N) is 3. The molecule has 2 unspecified atom stereocenters. The summed E-state index contributed by atoms with van der Waals surface area (Å²) in [6, 6.07) is 1.63. The molecule has 0 bridgehead atoms. The van der Waals surface area contributed by atoms with Crippen molar-refractivity contribution in [2.24, 2.45) is 11.8 Å². The van der Waals surface area contributed by atoms with Gasteiger partial charge in [0.15, 0.2) is 0 Å². The lowest BCUT2D eigenvalue weighted by Crippen LogP contribution is -2.41. The van der Waals surface area contributed by atoms with E-state index in [1.165, 1.54) is 4.68 Å². The average Bonchev–Trinajstić information content (AvgIpc) is 2.77. The first kappa shape index (κ1) is 12.9. The van der Waals surface area contributed by atoms with Gasteiger partial charge in [-0.1, -0.05) is 6.92 Å². The molecule has 1 aliphatic rings. The average molecular weight is 252 g/mol. The van der Waals surface area contributed by atoms with Crippen LogP contribution >= 0.6 is 0 Å². The second-order valence-corrected chi connectivity index (χ2v) is 5.07. The van der Waals surface area contributed by atoms with Crippen LogP contribution in [0, 0.1) is 11.8 Å². The highest BCUT2D eigenvalue weighted by atomic mass is 16.3. The van der Waals surface area contributed by atoms with Gasteiger partial charge in [0.1, 0.15) is 5.82 Å². The number of aliphatic hydroxyl groups is 1. The van der Waals surface area contributed by atoms with E-state index >= 15 is 0 Å². The topological polar surface area (TPSA) is 84.4 Å². The molecule has 6 heteroatoms. The Labute approximate surface area is 106 Å². The van der Waals surface area contributed by atoms with Gasteiger partial charge >= 0.3 is 5.69 Å². The van der Waals surface area contributed by atoms with E-state index < -0.39 is 0 Å². The zero-order chi connectivity index (χ0) is 13.1. The zero-order valence-electron chi connectivity index (χ0n) is 10.6. The summed E-state index contributed by atoms with van der Waals surface area (Å²) in [5.41, 5.74) is 5.14. The third-order valence-electron chi connectivity index (χ3n) is 3.42. The van der Waals surface area contributed by atoms with Gasteiger partial charge in [0.25, 0.3) is 0 Å². The molecular weight excluding hydrogens is 232 g/mol. The largest absolute Gasteiger partial charge is 0.396 e. The van der Waals surface area contributed by atoms with Gasteiger partial charge in [0, 0.05) is 25.9 Å². The Bertz CT molecular complexity index is 460. The van der Waals surface area contributed by atoms with Crippen molar-refractivity contribution in [1.29, 1.82) is 0 Å². The Kier molecular flexibility index (Phi) is 3.86. The molecule has 0 aliphatic carbocycles. The van der Waals surface area contributed by atoms with Crippen LogP contribution in [0.5, 0.6) is 0 Å². The van der Waals surface area contributed by atoms with Crippen LogP contribution in [-0.4, -0.2) is 34.5 Å². The molecule has 0 saturated carbocycles. The van der Waals surface area contributed by atoms with Gasteiger partial charge in [0.05, 0.1) is 0 Å². The van der Waals surface area contributed by atoms with E-state index in [0.29, 0.717) is 11.8 Å². The minimum absolute atomic E-state index is 0.222. The highest BCUT2D eigenvalue weighted by Crippen LogP contribution is 2.21. The van der Waals surface area contributed by atoms with Crippen molar-refractivity contribution in [2.75, 3.05) is 30.4 Å². The molecule has 2 rings (SSSR count). The highest BCUT2D eigenvalue weighted by molar-refractivity contribution is 5.24. The second-order valence-electron chi connectivity index (χ2n) is 5.07. The van der Waals surface area contributed by atoms with Crippen LogP contribution in [0.3, 0.4) is 0 Å². The fourth-order valence-electron chi connectivity index (χ4n) is 2.47. The minimum Gasteiger partial charge on any atom is -0.396 e. The maximum absolute atomic E-state index is 11.7. The summed E-state index contributed by atoms with van der Waals surface area (Å²) in [7, 11) is 0. The van der Waals surface area contributed by atoms with E-state index in [1.54, 1.807) is 12.3 Å². The molecule has 1 aromatic rings. The number of nitrogen functional groups attached to an aromatic ring is 1. The van der Waals surface area contributed by atoms with Crippen LogP contribution in [0.1, 0.15) is 19.8 Å². The van der Waals surface area contributed by atoms with Crippen molar-refractivity contribution < 1.29 is 5.11 Å². The third-order valence-corrected chi connectivity index (χ3v) is 3.42. The Morgan fingerprint density at radius 1 is 1.67 bits per heavy atom. The maximum Gasteiger partial charge on any atom is 0.368 e. The number of aliphatic hydroxyl groups excluding tert-OH is 1. The summed E-state index contributed by atoms with van der Waals surface area (Å²) in [6.07, 6.45) is 3.70. The number of nitrogens with two attached hydrogens (primary N) is 1. The number of rotatable bonds is 4. The van der Waals surface area contributed by atoms with E-state index in [4.69, 9.17) is 10.8 Å². The Morgan fingerprint density at radius 2 is 2.44 bits per heavy atom. The minimum atomic E-state index is -0.328. The molecule has 2 heterocycles. The first-order chi connectivity index (χ1) is 8.60. The van der Waals surface area contributed by atoms with Crippen molar-refractivity contribution in [2.45, 2.75) is 19.8 Å².